The summed E-state index contributed by atoms with van der Waals surface area (Å²) in [5, 5.41) is 11.5. The third-order valence-corrected chi connectivity index (χ3v) is 8.19. The first-order valence-electron chi connectivity index (χ1n) is 13.0. The van der Waals surface area contributed by atoms with Crippen molar-refractivity contribution in [3.05, 3.63) is 63.5 Å². The average Bonchev–Trinajstić information content (AvgIpc) is 3.40. The summed E-state index contributed by atoms with van der Waals surface area (Å²) in [4.78, 5) is 17.2. The SMILES string of the molecule is CC(=O)O[C@H]1c2nc(C(C)C)c3c(c2[C@@H](O)CC1(C)C)C1(CCCC1)O[C@@H]3c1ccc(C(F)(F)F)cc1. The van der Waals surface area contributed by atoms with Gasteiger partial charge in [0, 0.05) is 29.2 Å². The van der Waals surface area contributed by atoms with Crippen LogP contribution in [0.2, 0.25) is 0 Å². The van der Waals surface area contributed by atoms with E-state index in [2.05, 4.69) is 0 Å². The van der Waals surface area contributed by atoms with Gasteiger partial charge in [-0.2, -0.15) is 13.2 Å². The van der Waals surface area contributed by atoms with Crippen LogP contribution in [-0.2, 0) is 26.0 Å². The van der Waals surface area contributed by atoms with Gasteiger partial charge in [0.15, 0.2) is 0 Å². The summed E-state index contributed by atoms with van der Waals surface area (Å²) in [6, 6.07) is 5.14. The molecule has 2 heterocycles. The van der Waals surface area contributed by atoms with Crippen LogP contribution in [0, 0.1) is 5.41 Å². The van der Waals surface area contributed by atoms with Gasteiger partial charge in [0.05, 0.1) is 23.0 Å². The summed E-state index contributed by atoms with van der Waals surface area (Å²) in [7, 11) is 0. The summed E-state index contributed by atoms with van der Waals surface area (Å²) in [5.74, 6) is -0.445. The van der Waals surface area contributed by atoms with Gasteiger partial charge in [-0.3, -0.25) is 9.78 Å². The first-order chi connectivity index (χ1) is 17.2. The molecule has 0 amide bonds. The smallest absolute Gasteiger partial charge is 0.416 e. The minimum absolute atomic E-state index is 0.0312. The highest BCUT2D eigenvalue weighted by atomic mass is 19.4. The van der Waals surface area contributed by atoms with Gasteiger partial charge in [0.1, 0.15) is 12.2 Å². The number of carbonyl (C=O) groups is 1. The van der Waals surface area contributed by atoms with E-state index in [1.54, 1.807) is 0 Å². The molecule has 0 radical (unpaired) electrons. The first kappa shape index (κ1) is 26.2. The lowest BCUT2D eigenvalue weighted by Gasteiger charge is -2.42. The number of ether oxygens (including phenoxy) is 2. The first-order valence-corrected chi connectivity index (χ1v) is 13.0. The quantitative estimate of drug-likeness (QED) is 0.437. The fourth-order valence-electron chi connectivity index (χ4n) is 6.58. The van der Waals surface area contributed by atoms with Crippen LogP contribution in [0.4, 0.5) is 13.2 Å². The lowest BCUT2D eigenvalue weighted by Crippen LogP contribution is -2.37. The molecule has 1 N–H and O–H groups in total. The zero-order valence-electron chi connectivity index (χ0n) is 21.9. The predicted molar refractivity (Wildman–Crippen MR) is 131 cm³/mol. The molecule has 1 aromatic heterocycles. The second-order valence-electron chi connectivity index (χ2n) is 11.8. The Bertz CT molecular complexity index is 1210. The van der Waals surface area contributed by atoms with E-state index in [0.717, 1.165) is 54.6 Å². The van der Waals surface area contributed by atoms with Crippen LogP contribution in [0.1, 0.15) is 130 Å². The van der Waals surface area contributed by atoms with Gasteiger partial charge in [-0.05, 0) is 48.4 Å². The van der Waals surface area contributed by atoms with E-state index < -0.39 is 47.0 Å². The van der Waals surface area contributed by atoms with Crippen LogP contribution in [0.5, 0.6) is 0 Å². The highest BCUT2D eigenvalue weighted by Crippen LogP contribution is 2.61. The Morgan fingerprint density at radius 2 is 1.76 bits per heavy atom. The number of fused-ring (bicyclic) bond motifs is 4. The van der Waals surface area contributed by atoms with E-state index >= 15 is 0 Å². The third-order valence-electron chi connectivity index (χ3n) is 8.19. The van der Waals surface area contributed by atoms with Gasteiger partial charge in [0.2, 0.25) is 0 Å². The van der Waals surface area contributed by atoms with E-state index in [1.807, 2.05) is 27.7 Å². The molecule has 5 nitrogen and oxygen atoms in total. The Morgan fingerprint density at radius 3 is 2.30 bits per heavy atom. The summed E-state index contributed by atoms with van der Waals surface area (Å²) in [6.45, 7) is 9.33. The third kappa shape index (κ3) is 4.26. The summed E-state index contributed by atoms with van der Waals surface area (Å²) in [6.07, 6.45) is -2.70. The molecule has 1 aromatic carbocycles. The Balaban J connectivity index is 1.77. The van der Waals surface area contributed by atoms with Crippen molar-refractivity contribution in [2.45, 2.75) is 103 Å². The molecule has 200 valence electrons. The molecule has 0 saturated heterocycles. The molecule has 1 spiro atoms. The molecule has 8 heteroatoms. The maximum atomic E-state index is 13.3. The number of nitrogens with zero attached hydrogens (tertiary/aromatic N) is 1. The molecule has 5 rings (SSSR count). The van der Waals surface area contributed by atoms with Gasteiger partial charge < -0.3 is 14.6 Å². The molecule has 0 unspecified atom stereocenters. The van der Waals surface area contributed by atoms with Crippen molar-refractivity contribution >= 4 is 5.97 Å². The zero-order valence-corrected chi connectivity index (χ0v) is 21.9. The van der Waals surface area contributed by atoms with Crippen molar-refractivity contribution in [2.75, 3.05) is 0 Å². The highest BCUT2D eigenvalue weighted by Gasteiger charge is 2.55. The Morgan fingerprint density at radius 1 is 1.14 bits per heavy atom. The van der Waals surface area contributed by atoms with E-state index in [4.69, 9.17) is 14.5 Å². The van der Waals surface area contributed by atoms with Crippen LogP contribution in [0.3, 0.4) is 0 Å². The fraction of sp³-hybridized carbons (Fsp3) is 0.586. The van der Waals surface area contributed by atoms with Crippen molar-refractivity contribution in [1.29, 1.82) is 0 Å². The number of hydrogen-bond acceptors (Lipinski definition) is 5. The maximum absolute atomic E-state index is 13.3. The number of esters is 1. The van der Waals surface area contributed by atoms with E-state index in [-0.39, 0.29) is 5.92 Å². The topological polar surface area (TPSA) is 68.7 Å². The molecule has 2 aliphatic carbocycles. The van der Waals surface area contributed by atoms with Crippen molar-refractivity contribution in [2.24, 2.45) is 5.41 Å². The lowest BCUT2D eigenvalue weighted by molar-refractivity contribution is -0.156. The standard InChI is InChI=1S/C29H34F3NO4/c1-15(2)23-21-22(20-19(35)14-27(4,5)26(24(20)33-23)36-16(3)34)28(12-6-7-13-28)37-25(21)17-8-10-18(11-9-17)29(30,31)32/h8-11,15,19,25-26,35H,6-7,12-14H2,1-5H3/t19-,25+,26-/m0/s1. The van der Waals surface area contributed by atoms with Gasteiger partial charge in [-0.1, -0.05) is 52.7 Å². The molecule has 3 atom stereocenters. The van der Waals surface area contributed by atoms with E-state index in [1.165, 1.54) is 19.1 Å². The molecular weight excluding hydrogens is 483 g/mol. The summed E-state index contributed by atoms with van der Waals surface area (Å²) in [5.41, 5.74) is 2.48. The van der Waals surface area contributed by atoms with Crippen molar-refractivity contribution in [3.63, 3.8) is 0 Å². The van der Waals surface area contributed by atoms with E-state index in [9.17, 15) is 23.1 Å². The molecule has 3 aliphatic rings. The van der Waals surface area contributed by atoms with Gasteiger partial charge in [0.25, 0.3) is 0 Å². The second-order valence-corrected chi connectivity index (χ2v) is 11.8. The molecule has 1 aliphatic heterocycles. The number of benzene rings is 1. The normalized spacial score (nSPS) is 25.8. The monoisotopic (exact) mass is 517 g/mol. The molecule has 1 saturated carbocycles. The fourth-order valence-corrected chi connectivity index (χ4v) is 6.58. The molecule has 2 aromatic rings. The lowest BCUT2D eigenvalue weighted by atomic mass is 9.68. The number of pyridine rings is 1. The van der Waals surface area contributed by atoms with Crippen molar-refractivity contribution < 1.29 is 32.5 Å². The molecule has 37 heavy (non-hydrogen) atoms. The number of halogens is 3. The number of alkyl halides is 3. The molecule has 0 bridgehead atoms. The Labute approximate surface area is 215 Å². The van der Waals surface area contributed by atoms with E-state index in [0.29, 0.717) is 23.2 Å². The molecular formula is C29H34F3NO4. The number of hydrogen-bond donors (Lipinski definition) is 1. The number of aliphatic hydroxyl groups excluding tert-OH is 1. The van der Waals surface area contributed by atoms with Gasteiger partial charge in [-0.25, -0.2) is 0 Å². The van der Waals surface area contributed by atoms with Gasteiger partial charge >= 0.3 is 12.1 Å². The number of aromatic nitrogens is 1. The average molecular weight is 518 g/mol. The van der Waals surface area contributed by atoms with Crippen molar-refractivity contribution in [1.82, 2.24) is 4.98 Å². The van der Waals surface area contributed by atoms with Crippen LogP contribution < -0.4 is 0 Å². The molecule has 1 fully saturated rings. The summed E-state index contributed by atoms with van der Waals surface area (Å²) < 4.78 is 52.4. The minimum atomic E-state index is -4.42. The number of carbonyl (C=O) groups excluding carboxylic acids is 1. The largest absolute Gasteiger partial charge is 0.455 e. The Kier molecular flexibility index (Phi) is 6.23. The second kappa shape index (κ2) is 8.80. The summed E-state index contributed by atoms with van der Waals surface area (Å²) >= 11 is 0. The van der Waals surface area contributed by atoms with Crippen molar-refractivity contribution in [3.8, 4) is 0 Å². The van der Waals surface area contributed by atoms with Gasteiger partial charge in [-0.15, -0.1) is 0 Å². The van der Waals surface area contributed by atoms with Crippen LogP contribution >= 0.6 is 0 Å². The van der Waals surface area contributed by atoms with Crippen LogP contribution in [0.25, 0.3) is 0 Å². The Hall–Kier alpha value is -2.45. The van der Waals surface area contributed by atoms with Crippen LogP contribution in [-0.4, -0.2) is 16.1 Å². The minimum Gasteiger partial charge on any atom is -0.455 e. The zero-order chi connectivity index (χ0) is 26.9. The number of aliphatic hydroxyl groups is 1. The maximum Gasteiger partial charge on any atom is 0.416 e. The predicted octanol–water partition coefficient (Wildman–Crippen LogP) is 7.18. The van der Waals surface area contributed by atoms with Crippen LogP contribution in [0.15, 0.2) is 24.3 Å². The number of rotatable bonds is 3. The highest BCUT2D eigenvalue weighted by molar-refractivity contribution is 5.67.